The first-order valence-electron chi connectivity index (χ1n) is 8.33. The molecule has 0 atom stereocenters. The minimum absolute atomic E-state index is 0.178. The molecule has 3 rings (SSSR count). The number of methoxy groups -OCH3 is 1. The molecule has 1 N–H and O–H groups in total. The van der Waals surface area contributed by atoms with Gasteiger partial charge in [-0.2, -0.15) is 0 Å². The second-order valence-electron chi connectivity index (χ2n) is 6.55. The summed E-state index contributed by atoms with van der Waals surface area (Å²) in [5.74, 6) is -0.276. The van der Waals surface area contributed by atoms with Crippen LogP contribution in [0.5, 0.6) is 5.75 Å². The lowest BCUT2D eigenvalue weighted by Crippen LogP contribution is -2.41. The van der Waals surface area contributed by atoms with Gasteiger partial charge in [-0.1, -0.05) is 31.4 Å². The average molecular weight is 330 g/mol. The smallest absolute Gasteiger partial charge is 0.244 e. The molecule has 1 aliphatic heterocycles. The molecule has 1 saturated carbocycles. The SMILES string of the molecule is COc1ccccc1NC(=O)CN1C(=O)CC2(CCCCC2)C1=O. The standard InChI is InChI=1S/C18H22N2O4/c1-24-14-8-4-3-7-13(14)19-15(21)12-20-16(22)11-18(17(20)23)9-5-2-6-10-18/h3-4,7-8H,2,5-6,9-12H2,1H3,(H,19,21). The van der Waals surface area contributed by atoms with Crippen molar-refractivity contribution in [1.29, 1.82) is 0 Å². The second kappa shape index (κ2) is 6.63. The molecule has 1 heterocycles. The maximum atomic E-state index is 12.7. The predicted octanol–water partition coefficient (Wildman–Crippen LogP) is 2.34. The molecule has 1 saturated heterocycles. The van der Waals surface area contributed by atoms with Crippen LogP contribution < -0.4 is 10.1 Å². The minimum Gasteiger partial charge on any atom is -0.495 e. The lowest BCUT2D eigenvalue weighted by atomic mass is 9.73. The normalized spacial score (nSPS) is 19.6. The summed E-state index contributed by atoms with van der Waals surface area (Å²) in [5.41, 5.74) is -0.0310. The number of imide groups is 1. The van der Waals surface area contributed by atoms with Gasteiger partial charge in [0.2, 0.25) is 17.7 Å². The Balaban J connectivity index is 1.68. The van der Waals surface area contributed by atoms with Gasteiger partial charge in [-0.05, 0) is 25.0 Å². The van der Waals surface area contributed by atoms with Crippen LogP contribution in [-0.4, -0.2) is 36.3 Å². The molecule has 0 aromatic heterocycles. The van der Waals surface area contributed by atoms with Gasteiger partial charge in [0.15, 0.2) is 0 Å². The van der Waals surface area contributed by atoms with E-state index in [9.17, 15) is 14.4 Å². The number of nitrogens with zero attached hydrogens (tertiary/aromatic N) is 1. The number of amides is 3. The Labute approximate surface area is 141 Å². The number of nitrogens with one attached hydrogen (secondary N) is 1. The first-order valence-corrected chi connectivity index (χ1v) is 8.33. The summed E-state index contributed by atoms with van der Waals surface area (Å²) in [6.07, 6.45) is 4.80. The van der Waals surface area contributed by atoms with Crippen LogP contribution in [0.2, 0.25) is 0 Å². The molecule has 0 radical (unpaired) electrons. The molecule has 6 heteroatoms. The topological polar surface area (TPSA) is 75.7 Å². The first-order chi connectivity index (χ1) is 11.6. The van der Waals surface area contributed by atoms with Gasteiger partial charge in [0.05, 0.1) is 18.2 Å². The van der Waals surface area contributed by atoms with Gasteiger partial charge in [-0.3, -0.25) is 19.3 Å². The van der Waals surface area contributed by atoms with E-state index in [4.69, 9.17) is 4.74 Å². The van der Waals surface area contributed by atoms with E-state index in [1.165, 1.54) is 7.11 Å². The average Bonchev–Trinajstić information content (AvgIpc) is 2.80. The maximum absolute atomic E-state index is 12.7. The number of benzene rings is 1. The quantitative estimate of drug-likeness (QED) is 0.860. The molecule has 2 fully saturated rings. The highest BCUT2D eigenvalue weighted by Crippen LogP contribution is 2.45. The molecule has 24 heavy (non-hydrogen) atoms. The fourth-order valence-electron chi connectivity index (χ4n) is 3.72. The van der Waals surface area contributed by atoms with Crippen molar-refractivity contribution in [3.63, 3.8) is 0 Å². The molecular weight excluding hydrogens is 308 g/mol. The van der Waals surface area contributed by atoms with Crippen LogP contribution >= 0.6 is 0 Å². The molecule has 0 bridgehead atoms. The lowest BCUT2D eigenvalue weighted by molar-refractivity contribution is -0.144. The van der Waals surface area contributed by atoms with Gasteiger partial charge >= 0.3 is 0 Å². The molecule has 0 unspecified atom stereocenters. The van der Waals surface area contributed by atoms with E-state index in [1.54, 1.807) is 24.3 Å². The van der Waals surface area contributed by atoms with E-state index in [0.29, 0.717) is 11.4 Å². The monoisotopic (exact) mass is 330 g/mol. The molecule has 1 aromatic carbocycles. The van der Waals surface area contributed by atoms with Crippen molar-refractivity contribution in [2.24, 2.45) is 5.41 Å². The van der Waals surface area contributed by atoms with Crippen molar-refractivity contribution in [3.8, 4) is 5.75 Å². The lowest BCUT2D eigenvalue weighted by Gasteiger charge is -2.30. The van der Waals surface area contributed by atoms with E-state index in [2.05, 4.69) is 5.32 Å². The Kier molecular flexibility index (Phi) is 4.55. The van der Waals surface area contributed by atoms with Crippen molar-refractivity contribution >= 4 is 23.4 Å². The molecule has 1 spiro atoms. The number of carbonyl (C=O) groups is 3. The third kappa shape index (κ3) is 3.00. The van der Waals surface area contributed by atoms with Crippen LogP contribution in [0.1, 0.15) is 38.5 Å². The second-order valence-corrected chi connectivity index (χ2v) is 6.55. The Morgan fingerprint density at radius 3 is 2.62 bits per heavy atom. The highest BCUT2D eigenvalue weighted by molar-refractivity contribution is 6.09. The predicted molar refractivity (Wildman–Crippen MR) is 88.5 cm³/mol. The van der Waals surface area contributed by atoms with Gasteiger partial charge < -0.3 is 10.1 Å². The number of ether oxygens (including phenoxy) is 1. The zero-order valence-corrected chi connectivity index (χ0v) is 13.8. The molecule has 3 amide bonds. The molecule has 128 valence electrons. The van der Waals surface area contributed by atoms with E-state index in [-0.39, 0.29) is 24.8 Å². The van der Waals surface area contributed by atoms with Crippen LogP contribution in [-0.2, 0) is 14.4 Å². The number of rotatable bonds is 4. The number of anilines is 1. The summed E-state index contributed by atoms with van der Waals surface area (Å²) < 4.78 is 5.19. The third-order valence-corrected chi connectivity index (χ3v) is 4.98. The first kappa shape index (κ1) is 16.5. The van der Waals surface area contributed by atoms with Gasteiger partial charge in [-0.15, -0.1) is 0 Å². The van der Waals surface area contributed by atoms with E-state index in [1.807, 2.05) is 0 Å². The number of hydrogen-bond donors (Lipinski definition) is 1. The van der Waals surface area contributed by atoms with Crippen LogP contribution in [0.15, 0.2) is 24.3 Å². The minimum atomic E-state index is -0.556. The third-order valence-electron chi connectivity index (χ3n) is 4.98. The number of para-hydroxylation sites is 2. The van der Waals surface area contributed by atoms with Crippen molar-refractivity contribution in [2.45, 2.75) is 38.5 Å². The molecule has 1 aromatic rings. The van der Waals surface area contributed by atoms with Crippen molar-refractivity contribution in [3.05, 3.63) is 24.3 Å². The summed E-state index contributed by atoms with van der Waals surface area (Å²) in [6, 6.07) is 7.03. The van der Waals surface area contributed by atoms with Crippen LogP contribution in [0.4, 0.5) is 5.69 Å². The Morgan fingerprint density at radius 1 is 1.21 bits per heavy atom. The molecule has 6 nitrogen and oxygen atoms in total. The summed E-state index contributed by atoms with van der Waals surface area (Å²) in [6.45, 7) is -0.239. The van der Waals surface area contributed by atoms with Gasteiger partial charge in [0.25, 0.3) is 0 Å². The zero-order valence-electron chi connectivity index (χ0n) is 13.8. The van der Waals surface area contributed by atoms with Crippen molar-refractivity contribution < 1.29 is 19.1 Å². The maximum Gasteiger partial charge on any atom is 0.244 e. The fraction of sp³-hybridized carbons (Fsp3) is 0.500. The van der Waals surface area contributed by atoms with Gasteiger partial charge in [-0.25, -0.2) is 0 Å². The van der Waals surface area contributed by atoms with E-state index >= 15 is 0 Å². The van der Waals surface area contributed by atoms with Crippen LogP contribution in [0.3, 0.4) is 0 Å². The summed E-state index contributed by atoms with van der Waals surface area (Å²) in [5, 5.41) is 2.71. The largest absolute Gasteiger partial charge is 0.495 e. The number of likely N-dealkylation sites (tertiary alicyclic amines) is 1. The highest BCUT2D eigenvalue weighted by atomic mass is 16.5. The molecule has 1 aliphatic carbocycles. The van der Waals surface area contributed by atoms with Crippen LogP contribution in [0.25, 0.3) is 0 Å². The Hall–Kier alpha value is -2.37. The van der Waals surface area contributed by atoms with Gasteiger partial charge in [0.1, 0.15) is 12.3 Å². The zero-order chi connectivity index (χ0) is 17.2. The number of hydrogen-bond acceptors (Lipinski definition) is 4. The van der Waals surface area contributed by atoms with Crippen molar-refractivity contribution in [2.75, 3.05) is 19.0 Å². The summed E-state index contributed by atoms with van der Waals surface area (Å²) in [7, 11) is 1.52. The molecule has 2 aliphatic rings. The van der Waals surface area contributed by atoms with Gasteiger partial charge in [0, 0.05) is 6.42 Å². The van der Waals surface area contributed by atoms with E-state index in [0.717, 1.165) is 37.0 Å². The Bertz CT molecular complexity index is 665. The molecular formula is C18H22N2O4. The Morgan fingerprint density at radius 2 is 1.92 bits per heavy atom. The van der Waals surface area contributed by atoms with Crippen LogP contribution in [0, 0.1) is 5.41 Å². The summed E-state index contributed by atoms with van der Waals surface area (Å²) >= 11 is 0. The van der Waals surface area contributed by atoms with Crippen molar-refractivity contribution in [1.82, 2.24) is 4.90 Å². The van der Waals surface area contributed by atoms with E-state index < -0.39 is 11.3 Å². The summed E-state index contributed by atoms with van der Waals surface area (Å²) in [4.78, 5) is 38.4. The fourth-order valence-corrected chi connectivity index (χ4v) is 3.72. The number of carbonyl (C=O) groups excluding carboxylic acids is 3. The highest BCUT2D eigenvalue weighted by Gasteiger charge is 2.51.